The van der Waals surface area contributed by atoms with E-state index in [1.807, 2.05) is 0 Å². The maximum atomic E-state index is 16.0. The molecular weight excluding hydrogens is 805 g/mol. The Labute approximate surface area is 378 Å². The highest BCUT2D eigenvalue weighted by Crippen LogP contribution is 2.39. The van der Waals surface area contributed by atoms with E-state index in [1.165, 1.54) is 0 Å². The zero-order valence-electron chi connectivity index (χ0n) is 35.6. The first-order valence-corrected chi connectivity index (χ1v) is 22.5. The Morgan fingerprint density at radius 3 is 0.576 bits per heavy atom. The van der Waals surface area contributed by atoms with Crippen LogP contribution in [0.5, 0.6) is 0 Å². The molecular formula is C61H38N4O. The number of carbonyl (C=O) groups is 1. The molecule has 5 nitrogen and oxygen atoms in total. The summed E-state index contributed by atoms with van der Waals surface area (Å²) in [6.45, 7) is 0. The summed E-state index contributed by atoms with van der Waals surface area (Å²) in [5, 5.41) is 9.32. The van der Waals surface area contributed by atoms with Crippen molar-refractivity contribution in [1.29, 1.82) is 0 Å². The van der Waals surface area contributed by atoms with Crippen LogP contribution in [0.4, 0.5) is 0 Å². The Kier molecular flexibility index (Phi) is 7.77. The van der Waals surface area contributed by atoms with Gasteiger partial charge in [-0.1, -0.05) is 146 Å². The molecule has 0 aliphatic carbocycles. The summed E-state index contributed by atoms with van der Waals surface area (Å²) in [6, 6.07) is 81.3. The van der Waals surface area contributed by atoms with Gasteiger partial charge >= 0.3 is 0 Å². The Balaban J connectivity index is 1.07. The van der Waals surface area contributed by atoms with E-state index in [-0.39, 0.29) is 5.78 Å². The number of carbonyl (C=O) groups excluding carboxylic acids is 1. The minimum Gasteiger partial charge on any atom is -0.309 e. The van der Waals surface area contributed by atoms with Gasteiger partial charge in [0.2, 0.25) is 0 Å². The second kappa shape index (κ2) is 14.0. The van der Waals surface area contributed by atoms with E-state index < -0.39 is 0 Å². The Bertz CT molecular complexity index is 3570. The fraction of sp³-hybridized carbons (Fsp3) is 0. The Hall–Kier alpha value is -8.93. The van der Waals surface area contributed by atoms with Crippen LogP contribution in [0.15, 0.2) is 231 Å². The standard InChI is InChI=1S/C61H38N4O/c66-61(39-33-41(62-53-25-9-1-17-45(53)46-18-2-10-26-54(46)62)37-42(34-39)63-55-27-11-3-19-47(55)48-20-4-12-28-56(48)63)40-35-43(64-57-29-13-5-21-49(57)50-22-6-14-30-58(50)64)38-44(36-40)65-59-31-15-7-23-51(59)52-24-8-16-32-60(52)65/h1-38H. The number of nitrogens with zero attached hydrogens (tertiary/aromatic N) is 4. The van der Waals surface area contributed by atoms with E-state index in [9.17, 15) is 0 Å². The zero-order valence-corrected chi connectivity index (χ0v) is 35.6. The molecule has 0 saturated heterocycles. The molecule has 0 saturated carbocycles. The van der Waals surface area contributed by atoms with Crippen LogP contribution in [0.3, 0.4) is 0 Å². The fourth-order valence-electron chi connectivity index (χ4n) is 10.9. The van der Waals surface area contributed by atoms with Gasteiger partial charge in [0.15, 0.2) is 5.78 Å². The van der Waals surface area contributed by atoms with Crippen molar-refractivity contribution in [3.8, 4) is 22.7 Å². The number of fused-ring (bicyclic) bond motifs is 12. The van der Waals surface area contributed by atoms with Gasteiger partial charge in [-0.2, -0.15) is 0 Å². The summed E-state index contributed by atoms with van der Waals surface area (Å²) in [7, 11) is 0. The molecule has 0 unspecified atom stereocenters. The van der Waals surface area contributed by atoms with Crippen LogP contribution in [-0.2, 0) is 0 Å². The van der Waals surface area contributed by atoms with Crippen molar-refractivity contribution in [2.75, 3.05) is 0 Å². The molecule has 5 heteroatoms. The number of ketones is 1. The van der Waals surface area contributed by atoms with Crippen LogP contribution in [0, 0.1) is 0 Å². The second-order valence-corrected chi connectivity index (χ2v) is 17.3. The third kappa shape index (κ3) is 5.25. The van der Waals surface area contributed by atoms with Crippen molar-refractivity contribution in [2.24, 2.45) is 0 Å². The summed E-state index contributed by atoms with van der Waals surface area (Å²) in [5.74, 6) is -0.0655. The van der Waals surface area contributed by atoms with Crippen LogP contribution >= 0.6 is 0 Å². The molecule has 0 atom stereocenters. The molecule has 0 aliphatic rings. The van der Waals surface area contributed by atoms with E-state index in [0.29, 0.717) is 11.1 Å². The van der Waals surface area contributed by atoms with Crippen molar-refractivity contribution < 1.29 is 4.79 Å². The first kappa shape index (κ1) is 36.5. The summed E-state index contributed by atoms with van der Waals surface area (Å²) in [6.07, 6.45) is 0. The van der Waals surface area contributed by atoms with E-state index in [2.05, 4.69) is 249 Å². The van der Waals surface area contributed by atoms with Crippen molar-refractivity contribution >= 4 is 93.0 Å². The smallest absolute Gasteiger partial charge is 0.193 e. The summed E-state index contributed by atoms with van der Waals surface area (Å²) >= 11 is 0. The predicted molar refractivity (Wildman–Crippen MR) is 274 cm³/mol. The minimum atomic E-state index is -0.0655. The monoisotopic (exact) mass is 842 g/mol. The highest BCUT2D eigenvalue weighted by atomic mass is 16.1. The maximum absolute atomic E-state index is 16.0. The van der Waals surface area contributed by atoms with Crippen molar-refractivity contribution in [3.63, 3.8) is 0 Å². The number of hydrogen-bond donors (Lipinski definition) is 0. The van der Waals surface area contributed by atoms with Crippen LogP contribution in [0.2, 0.25) is 0 Å². The number of benzene rings is 10. The molecule has 0 fully saturated rings. The van der Waals surface area contributed by atoms with E-state index in [0.717, 1.165) is 110 Å². The number of hydrogen-bond acceptors (Lipinski definition) is 1. The van der Waals surface area contributed by atoms with Gasteiger partial charge in [0.25, 0.3) is 0 Å². The lowest BCUT2D eigenvalue weighted by Gasteiger charge is -2.17. The first-order valence-electron chi connectivity index (χ1n) is 22.5. The predicted octanol–water partition coefficient (Wildman–Crippen LogP) is 15.3. The molecule has 4 aromatic heterocycles. The normalized spacial score (nSPS) is 12.0. The van der Waals surface area contributed by atoms with Crippen LogP contribution in [0.1, 0.15) is 15.9 Å². The molecule has 14 aromatic rings. The van der Waals surface area contributed by atoms with E-state index >= 15 is 4.79 Å². The molecule has 14 rings (SSSR count). The Morgan fingerprint density at radius 1 is 0.227 bits per heavy atom. The largest absolute Gasteiger partial charge is 0.309 e. The third-order valence-electron chi connectivity index (χ3n) is 13.7. The lowest BCUT2D eigenvalue weighted by molar-refractivity contribution is 0.103. The summed E-state index contributed by atoms with van der Waals surface area (Å²) in [4.78, 5) is 16.0. The highest BCUT2D eigenvalue weighted by Gasteiger charge is 2.23. The molecule has 308 valence electrons. The van der Waals surface area contributed by atoms with Gasteiger partial charge in [-0.15, -0.1) is 0 Å². The molecule has 4 heterocycles. The van der Waals surface area contributed by atoms with Crippen molar-refractivity contribution in [3.05, 3.63) is 242 Å². The van der Waals surface area contributed by atoms with E-state index in [1.54, 1.807) is 0 Å². The second-order valence-electron chi connectivity index (χ2n) is 17.3. The molecule has 0 spiro atoms. The molecule has 0 N–H and O–H groups in total. The topological polar surface area (TPSA) is 36.8 Å². The summed E-state index contributed by atoms with van der Waals surface area (Å²) in [5.41, 5.74) is 13.5. The van der Waals surface area contributed by atoms with Gasteiger partial charge in [0.1, 0.15) is 0 Å². The lowest BCUT2D eigenvalue weighted by atomic mass is 10.00. The molecule has 66 heavy (non-hydrogen) atoms. The average molecular weight is 843 g/mol. The van der Waals surface area contributed by atoms with E-state index in [4.69, 9.17) is 0 Å². The van der Waals surface area contributed by atoms with Gasteiger partial charge < -0.3 is 18.3 Å². The SMILES string of the molecule is O=C(c1cc(-n2c3ccccc3c3ccccc32)cc(-n2c3ccccc3c3ccccc32)c1)c1cc(-n2c3ccccc3c3ccccc32)cc(-n2c3ccccc3c3ccccc32)c1. The molecule has 10 aromatic carbocycles. The fourth-order valence-corrected chi connectivity index (χ4v) is 10.9. The molecule has 0 aliphatic heterocycles. The van der Waals surface area contributed by atoms with Crippen LogP contribution < -0.4 is 0 Å². The average Bonchev–Trinajstić information content (AvgIpc) is 4.11. The third-order valence-corrected chi connectivity index (χ3v) is 13.7. The van der Waals surface area contributed by atoms with Gasteiger partial charge in [0.05, 0.1) is 44.1 Å². The zero-order chi connectivity index (χ0) is 43.5. The minimum absolute atomic E-state index is 0.0655. The first-order chi connectivity index (χ1) is 32.7. The van der Waals surface area contributed by atoms with Crippen molar-refractivity contribution in [1.82, 2.24) is 18.3 Å². The van der Waals surface area contributed by atoms with Crippen molar-refractivity contribution in [2.45, 2.75) is 0 Å². The number of para-hydroxylation sites is 8. The van der Waals surface area contributed by atoms with Gasteiger partial charge in [-0.25, -0.2) is 0 Å². The number of rotatable bonds is 6. The quantitative estimate of drug-likeness (QED) is 0.154. The van der Waals surface area contributed by atoms with Crippen LogP contribution in [-0.4, -0.2) is 24.1 Å². The van der Waals surface area contributed by atoms with Crippen LogP contribution in [0.25, 0.3) is 110 Å². The summed E-state index contributed by atoms with van der Waals surface area (Å²) < 4.78 is 9.27. The lowest BCUT2D eigenvalue weighted by Crippen LogP contribution is -2.09. The molecule has 0 bridgehead atoms. The van der Waals surface area contributed by atoms with Gasteiger partial charge in [-0.3, -0.25) is 4.79 Å². The highest BCUT2D eigenvalue weighted by molar-refractivity contribution is 6.15. The maximum Gasteiger partial charge on any atom is 0.193 e. The van der Waals surface area contributed by atoms with Gasteiger partial charge in [-0.05, 0) is 84.9 Å². The Morgan fingerprint density at radius 2 is 0.394 bits per heavy atom. The van der Waals surface area contributed by atoms with Gasteiger partial charge in [0, 0.05) is 77.0 Å². The number of aromatic nitrogens is 4. The molecule has 0 amide bonds. The molecule has 0 radical (unpaired) electrons.